The van der Waals surface area contributed by atoms with Crippen LogP contribution in [0, 0.1) is 17.8 Å². The van der Waals surface area contributed by atoms with Gasteiger partial charge in [-0.3, -0.25) is 4.79 Å². The summed E-state index contributed by atoms with van der Waals surface area (Å²) in [6.07, 6.45) is 4.51. The molecule has 1 amide bonds. The zero-order valence-electron chi connectivity index (χ0n) is 21.5. The van der Waals surface area contributed by atoms with Gasteiger partial charge in [-0.2, -0.15) is 0 Å². The molecule has 0 unspecified atom stereocenters. The number of carbonyl (C=O) groups excluding carboxylic acids is 1. The minimum Gasteiger partial charge on any atom is -0.481 e. The first-order valence-corrected chi connectivity index (χ1v) is 13.4. The second-order valence-corrected chi connectivity index (χ2v) is 10.5. The van der Waals surface area contributed by atoms with Gasteiger partial charge >= 0.3 is 0 Å². The standard InChI is InChI=1S/C29H33BrN4O3/c1-21(34-20-25(31-32-34)10-7-17-36-26-13-11-24(30)12-14-26)18-27-15-16-28(37-27)22(2)29(35)33(3)19-23-8-5-4-6-9-23/h4-6,8-9,11-14,20-22,27-28H,15-19H2,1-3H3/t21-,22-,27+,28-/m1/s1. The lowest BCUT2D eigenvalue weighted by Gasteiger charge is -2.26. The molecule has 7 nitrogen and oxygen atoms in total. The van der Waals surface area contributed by atoms with Crippen molar-refractivity contribution in [3.63, 3.8) is 0 Å². The van der Waals surface area contributed by atoms with Gasteiger partial charge < -0.3 is 14.4 Å². The highest BCUT2D eigenvalue weighted by Gasteiger charge is 2.35. The Morgan fingerprint density at radius 3 is 2.70 bits per heavy atom. The van der Waals surface area contributed by atoms with Gasteiger partial charge in [-0.05, 0) is 61.9 Å². The lowest BCUT2D eigenvalue weighted by Crippen LogP contribution is -2.37. The molecule has 37 heavy (non-hydrogen) atoms. The fourth-order valence-corrected chi connectivity index (χ4v) is 4.80. The molecule has 194 valence electrons. The van der Waals surface area contributed by atoms with Crippen LogP contribution in [0.2, 0.25) is 0 Å². The minimum absolute atomic E-state index is 0.0641. The van der Waals surface area contributed by atoms with E-state index >= 15 is 0 Å². The van der Waals surface area contributed by atoms with Crippen molar-refractivity contribution in [3.05, 3.63) is 76.5 Å². The number of halogens is 1. The molecule has 4 rings (SSSR count). The van der Waals surface area contributed by atoms with Crippen molar-refractivity contribution in [2.75, 3.05) is 13.7 Å². The summed E-state index contributed by atoms with van der Waals surface area (Å²) in [6.45, 7) is 4.95. The maximum absolute atomic E-state index is 13.0. The van der Waals surface area contributed by atoms with Crippen LogP contribution in [0.25, 0.3) is 0 Å². The first-order valence-electron chi connectivity index (χ1n) is 12.6. The number of hydrogen-bond donors (Lipinski definition) is 0. The molecule has 1 fully saturated rings. The number of nitrogens with zero attached hydrogens (tertiary/aromatic N) is 4. The Bertz CT molecular complexity index is 1220. The van der Waals surface area contributed by atoms with Crippen molar-refractivity contribution in [1.29, 1.82) is 0 Å². The van der Waals surface area contributed by atoms with Gasteiger partial charge in [0.15, 0.2) is 5.69 Å². The molecular formula is C29H33BrN4O3. The number of rotatable bonds is 9. The highest BCUT2D eigenvalue weighted by molar-refractivity contribution is 9.10. The SMILES string of the molecule is C[C@H](C[C@@H]1CC[C@H]([C@@H](C)C(=O)N(C)Cc2ccccc2)O1)n1cc(C#CCOc2ccc(Br)cc2)nn1. The normalized spacial score (nSPS) is 18.5. The maximum Gasteiger partial charge on any atom is 0.228 e. The molecule has 2 aromatic carbocycles. The molecule has 0 saturated carbocycles. The molecule has 0 radical (unpaired) electrons. The summed E-state index contributed by atoms with van der Waals surface area (Å²) < 4.78 is 14.8. The van der Waals surface area contributed by atoms with Gasteiger partial charge in [0.25, 0.3) is 0 Å². The number of hydrogen-bond acceptors (Lipinski definition) is 5. The van der Waals surface area contributed by atoms with Crippen LogP contribution >= 0.6 is 15.9 Å². The number of benzene rings is 2. The molecule has 0 N–H and O–H groups in total. The summed E-state index contributed by atoms with van der Waals surface area (Å²) in [5.41, 5.74) is 1.73. The van der Waals surface area contributed by atoms with Crippen molar-refractivity contribution >= 4 is 21.8 Å². The first kappa shape index (κ1) is 26.9. The zero-order chi connectivity index (χ0) is 26.2. The molecule has 0 spiro atoms. The molecule has 0 aliphatic carbocycles. The van der Waals surface area contributed by atoms with E-state index < -0.39 is 0 Å². The van der Waals surface area contributed by atoms with Crippen molar-refractivity contribution < 1.29 is 14.3 Å². The molecule has 0 bridgehead atoms. The number of amides is 1. The van der Waals surface area contributed by atoms with Crippen LogP contribution < -0.4 is 4.74 Å². The van der Waals surface area contributed by atoms with Crippen LogP contribution in [0.1, 0.15) is 50.4 Å². The second-order valence-electron chi connectivity index (χ2n) is 9.56. The van der Waals surface area contributed by atoms with Gasteiger partial charge in [0, 0.05) is 18.1 Å². The molecule has 1 saturated heterocycles. The van der Waals surface area contributed by atoms with Crippen LogP contribution in [0.4, 0.5) is 0 Å². The van der Waals surface area contributed by atoms with E-state index in [2.05, 4.69) is 45.0 Å². The Labute approximate surface area is 227 Å². The Morgan fingerprint density at radius 2 is 1.95 bits per heavy atom. The quantitative estimate of drug-likeness (QED) is 0.331. The lowest BCUT2D eigenvalue weighted by atomic mass is 9.99. The van der Waals surface area contributed by atoms with Crippen molar-refractivity contribution in [2.45, 2.75) is 57.9 Å². The highest BCUT2D eigenvalue weighted by Crippen LogP contribution is 2.31. The average molecular weight is 566 g/mol. The zero-order valence-corrected chi connectivity index (χ0v) is 23.1. The van der Waals surface area contributed by atoms with E-state index in [9.17, 15) is 4.79 Å². The van der Waals surface area contributed by atoms with Crippen LogP contribution in [0.5, 0.6) is 5.75 Å². The van der Waals surface area contributed by atoms with Gasteiger partial charge in [0.1, 0.15) is 12.4 Å². The van der Waals surface area contributed by atoms with Gasteiger partial charge in [0.05, 0.1) is 30.4 Å². The van der Waals surface area contributed by atoms with E-state index in [1.807, 2.05) is 79.4 Å². The summed E-state index contributed by atoms with van der Waals surface area (Å²) >= 11 is 3.40. The van der Waals surface area contributed by atoms with E-state index in [1.165, 1.54) is 0 Å². The van der Waals surface area contributed by atoms with Crippen LogP contribution in [0.3, 0.4) is 0 Å². The molecule has 3 aromatic rings. The summed E-state index contributed by atoms with van der Waals surface area (Å²) in [7, 11) is 1.86. The molecule has 4 atom stereocenters. The van der Waals surface area contributed by atoms with E-state index in [0.29, 0.717) is 12.2 Å². The van der Waals surface area contributed by atoms with Gasteiger partial charge in [-0.25, -0.2) is 4.68 Å². The van der Waals surface area contributed by atoms with Crippen LogP contribution in [0.15, 0.2) is 65.3 Å². The minimum atomic E-state index is -0.179. The van der Waals surface area contributed by atoms with Gasteiger partial charge in [-0.1, -0.05) is 64.3 Å². The van der Waals surface area contributed by atoms with Crippen molar-refractivity contribution in [3.8, 4) is 17.6 Å². The summed E-state index contributed by atoms with van der Waals surface area (Å²) in [5, 5.41) is 8.43. The molecule has 8 heteroatoms. The van der Waals surface area contributed by atoms with E-state index in [1.54, 1.807) is 4.90 Å². The van der Waals surface area contributed by atoms with Gasteiger partial charge in [0.2, 0.25) is 5.91 Å². The van der Waals surface area contributed by atoms with E-state index in [0.717, 1.165) is 35.0 Å². The summed E-state index contributed by atoms with van der Waals surface area (Å²) in [6, 6.07) is 17.8. The van der Waals surface area contributed by atoms with Crippen molar-refractivity contribution in [1.82, 2.24) is 19.9 Å². The molecule has 1 aliphatic heterocycles. The van der Waals surface area contributed by atoms with Crippen molar-refractivity contribution in [2.24, 2.45) is 5.92 Å². The number of carbonyl (C=O) groups is 1. The molecular weight excluding hydrogens is 532 g/mol. The molecule has 1 aromatic heterocycles. The Kier molecular flexibility index (Phi) is 9.37. The number of aromatic nitrogens is 3. The monoisotopic (exact) mass is 564 g/mol. The predicted molar refractivity (Wildman–Crippen MR) is 146 cm³/mol. The second kappa shape index (κ2) is 12.9. The predicted octanol–water partition coefficient (Wildman–Crippen LogP) is 5.26. The first-order chi connectivity index (χ1) is 17.9. The smallest absolute Gasteiger partial charge is 0.228 e. The summed E-state index contributed by atoms with van der Waals surface area (Å²) in [4.78, 5) is 14.8. The topological polar surface area (TPSA) is 69.5 Å². The Hall–Kier alpha value is -3.15. The fraction of sp³-hybridized carbons (Fsp3) is 0.414. The van der Waals surface area contributed by atoms with Gasteiger partial charge in [-0.15, -0.1) is 5.10 Å². The molecule has 2 heterocycles. The Balaban J connectivity index is 1.22. The molecule has 1 aliphatic rings. The third-order valence-corrected chi connectivity index (χ3v) is 7.16. The largest absolute Gasteiger partial charge is 0.481 e. The fourth-order valence-electron chi connectivity index (χ4n) is 4.53. The third kappa shape index (κ3) is 7.67. The lowest BCUT2D eigenvalue weighted by molar-refractivity contribution is -0.139. The number of ether oxygens (including phenoxy) is 2. The van der Waals surface area contributed by atoms with Crippen LogP contribution in [-0.2, 0) is 16.1 Å². The maximum atomic E-state index is 13.0. The summed E-state index contributed by atoms with van der Waals surface area (Å²) in [5.74, 6) is 6.69. The highest BCUT2D eigenvalue weighted by atomic mass is 79.9. The Morgan fingerprint density at radius 1 is 1.19 bits per heavy atom. The third-order valence-electron chi connectivity index (χ3n) is 6.63. The van der Waals surface area contributed by atoms with Crippen LogP contribution in [-0.4, -0.2) is 51.7 Å². The van der Waals surface area contributed by atoms with E-state index in [4.69, 9.17) is 9.47 Å². The van der Waals surface area contributed by atoms with E-state index in [-0.39, 0.29) is 36.7 Å². The average Bonchev–Trinajstić information content (AvgIpc) is 3.57.